The number of oxime groups is 1. The Bertz CT molecular complexity index is 1590. The molecule has 1 aliphatic carbocycles. The van der Waals surface area contributed by atoms with Crippen LogP contribution in [0.4, 0.5) is 0 Å². The lowest BCUT2D eigenvalue weighted by atomic mass is 9.69. The molecule has 4 N–H and O–H groups in total. The first kappa shape index (κ1) is 51.6. The van der Waals surface area contributed by atoms with E-state index in [-0.39, 0.29) is 43.8 Å². The number of methoxy groups -OCH3 is 2. The Morgan fingerprint density at radius 3 is 2.15 bits per heavy atom. The molecule has 3 aliphatic rings. The van der Waals surface area contributed by atoms with Crippen LogP contribution in [0.2, 0.25) is 0 Å². The van der Waals surface area contributed by atoms with Crippen molar-refractivity contribution in [3.8, 4) is 0 Å². The van der Waals surface area contributed by atoms with Crippen molar-refractivity contribution >= 4 is 11.5 Å². The number of nitrogens with zero attached hydrogens (tertiary/aromatic N) is 2. The van der Waals surface area contributed by atoms with E-state index in [9.17, 15) is 25.2 Å². The lowest BCUT2D eigenvalue weighted by Crippen LogP contribution is -2.61. The lowest BCUT2D eigenvalue weighted by molar-refractivity contribution is -0.318. The number of aliphatic hydroxyl groups is 4. The highest BCUT2D eigenvalue weighted by atomic mass is 16.7. The topological polar surface area (TPSA) is 178 Å². The minimum atomic E-state index is -1.70. The van der Waals surface area contributed by atoms with Crippen molar-refractivity contribution in [2.24, 2.45) is 34.7 Å². The maximum Gasteiger partial charge on any atom is 0.185 e. The van der Waals surface area contributed by atoms with E-state index in [1.165, 1.54) is 0 Å². The van der Waals surface area contributed by atoms with Crippen LogP contribution in [0, 0.1) is 36.5 Å². The van der Waals surface area contributed by atoms with Gasteiger partial charge in [-0.1, -0.05) is 76.0 Å². The SMILES string of the molecule is CC[C@H]1CC(=O)[C@H](C)[C@@H](O[C@H]2C[C@@](C)(OC)[C@@H](O)[C@H](C)O2)[C@H](C)[C@@H](O[C@@H]2O[C@H](C)C[C@H](N(C)C)[C@H]2O)[C@](C)(OC)C[C@@H](C)/C(=N\OCc2cccc(C)c2)[C@H](C)[C@@H](O)[C@]1(C)O. The van der Waals surface area contributed by atoms with Crippen LogP contribution < -0.4 is 0 Å². The van der Waals surface area contributed by atoms with Crippen LogP contribution in [-0.4, -0.2) is 143 Å². The van der Waals surface area contributed by atoms with Gasteiger partial charge in [-0.15, -0.1) is 0 Å². The van der Waals surface area contributed by atoms with E-state index in [2.05, 4.69) is 0 Å². The predicted octanol–water partition coefficient (Wildman–Crippen LogP) is 5.42. The Hall–Kier alpha value is -2.08. The third-order valence-corrected chi connectivity index (χ3v) is 14.4. The van der Waals surface area contributed by atoms with Crippen molar-refractivity contribution in [1.82, 2.24) is 4.90 Å². The molecule has 14 heteroatoms. The Balaban J connectivity index is 1.90. The molecule has 61 heavy (non-hydrogen) atoms. The van der Waals surface area contributed by atoms with E-state index in [0.717, 1.165) is 11.1 Å². The molecule has 2 saturated heterocycles. The van der Waals surface area contributed by atoms with Crippen molar-refractivity contribution in [3.63, 3.8) is 0 Å². The van der Waals surface area contributed by atoms with Gasteiger partial charge in [0.15, 0.2) is 12.6 Å². The molecule has 18 atom stereocenters. The number of Topliss-reactive ketones (excluding diaryl/α,β-unsaturated/α-hetero) is 1. The van der Waals surface area contributed by atoms with E-state index in [1.807, 2.05) is 106 Å². The summed E-state index contributed by atoms with van der Waals surface area (Å²) in [7, 11) is 6.97. The minimum absolute atomic E-state index is 0.0527. The van der Waals surface area contributed by atoms with E-state index >= 15 is 0 Å². The number of aryl methyl sites for hydroxylation is 1. The molecular formula is C47H80N2O12. The summed E-state index contributed by atoms with van der Waals surface area (Å²) in [4.78, 5) is 22.7. The van der Waals surface area contributed by atoms with Gasteiger partial charge in [-0.05, 0) is 80.0 Å². The molecule has 0 amide bonds. The number of likely N-dealkylation sites (N-methyl/N-ethyl adjacent to an activating group) is 1. The minimum Gasteiger partial charge on any atom is -0.391 e. The second-order valence-electron chi connectivity index (χ2n) is 19.4. The van der Waals surface area contributed by atoms with Gasteiger partial charge in [-0.25, -0.2) is 0 Å². The van der Waals surface area contributed by atoms with Crippen LogP contribution in [0.5, 0.6) is 0 Å². The van der Waals surface area contributed by atoms with Gasteiger partial charge in [0.2, 0.25) is 0 Å². The molecule has 1 saturated carbocycles. The molecule has 0 aromatic heterocycles. The van der Waals surface area contributed by atoms with Gasteiger partial charge < -0.3 is 58.6 Å². The molecule has 14 nitrogen and oxygen atoms in total. The first-order chi connectivity index (χ1) is 28.4. The predicted molar refractivity (Wildman–Crippen MR) is 233 cm³/mol. The molecule has 0 spiro atoms. The van der Waals surface area contributed by atoms with Gasteiger partial charge in [0.05, 0.1) is 53.0 Å². The highest BCUT2D eigenvalue weighted by molar-refractivity contribution is 5.89. The van der Waals surface area contributed by atoms with Crippen LogP contribution in [0.25, 0.3) is 0 Å². The Morgan fingerprint density at radius 2 is 1.56 bits per heavy atom. The van der Waals surface area contributed by atoms with Gasteiger partial charge >= 0.3 is 0 Å². The quantitative estimate of drug-likeness (QED) is 0.208. The van der Waals surface area contributed by atoms with Crippen molar-refractivity contribution in [2.75, 3.05) is 28.3 Å². The number of hydrogen-bond acceptors (Lipinski definition) is 14. The zero-order chi connectivity index (χ0) is 45.8. The summed E-state index contributed by atoms with van der Waals surface area (Å²) in [6.45, 7) is 20.7. The Morgan fingerprint density at radius 1 is 0.902 bits per heavy atom. The normalized spacial score (nSPS) is 44.2. The molecule has 1 aromatic carbocycles. The molecular weight excluding hydrogens is 785 g/mol. The number of ether oxygens (including phenoxy) is 6. The van der Waals surface area contributed by atoms with Crippen molar-refractivity contribution in [1.29, 1.82) is 0 Å². The van der Waals surface area contributed by atoms with Crippen LogP contribution in [0.3, 0.4) is 0 Å². The van der Waals surface area contributed by atoms with Crippen LogP contribution >= 0.6 is 0 Å². The molecule has 3 fully saturated rings. The van der Waals surface area contributed by atoms with Crippen LogP contribution in [0.15, 0.2) is 29.4 Å². The highest BCUT2D eigenvalue weighted by Crippen LogP contribution is 2.43. The standard InChI is InChI=1S/C47H80N2O12/c1-16-34-22-36(50)29(5)40(60-37-24-45(9,55-14)42(53)32(8)59-37)31(7)43(61-44-39(51)35(49(12)13)21-28(4)58-44)46(10,56-15)23-27(3)38(30(6)41(52)47(34,11)54)48-57-25-33-19-17-18-26(2)20-33/h17-20,27-32,34-35,37,39-44,51-54H,16,21-25H2,1-15H3/b48-38+/t27-,28-,29+,30+,31+,32+,34+,35+,37+,39-,40-,41-,42+,43-,44+,45-,46-,47-/m1/s1. The summed E-state index contributed by atoms with van der Waals surface area (Å²) in [5.74, 6) is -3.34. The summed E-state index contributed by atoms with van der Waals surface area (Å²) < 4.78 is 39.0. The molecule has 2 aliphatic heterocycles. The Labute approximate surface area is 365 Å². The molecule has 0 unspecified atom stereocenters. The van der Waals surface area contributed by atoms with Crippen LogP contribution in [-0.2, 0) is 44.7 Å². The fourth-order valence-electron chi connectivity index (χ4n) is 10.2. The van der Waals surface area contributed by atoms with E-state index < -0.39 is 95.6 Å². The van der Waals surface area contributed by atoms with Gasteiger partial charge in [-0.2, -0.15) is 0 Å². The average molecular weight is 865 g/mol. The molecule has 0 radical (unpaired) electrons. The molecule has 0 bridgehead atoms. The van der Waals surface area contributed by atoms with E-state index in [4.69, 9.17) is 38.4 Å². The van der Waals surface area contributed by atoms with E-state index in [1.54, 1.807) is 28.1 Å². The maximum atomic E-state index is 14.7. The molecule has 4 rings (SSSR count). The smallest absolute Gasteiger partial charge is 0.185 e. The lowest BCUT2D eigenvalue weighted by Gasteiger charge is -2.50. The summed E-state index contributed by atoms with van der Waals surface area (Å²) >= 11 is 0. The first-order valence-corrected chi connectivity index (χ1v) is 22.4. The fourth-order valence-corrected chi connectivity index (χ4v) is 10.2. The second-order valence-corrected chi connectivity index (χ2v) is 19.4. The van der Waals surface area contributed by atoms with Gasteiger partial charge in [0.1, 0.15) is 24.6 Å². The molecule has 2 heterocycles. The second kappa shape index (κ2) is 21.3. The first-order valence-electron chi connectivity index (χ1n) is 22.4. The molecule has 1 aromatic rings. The maximum absolute atomic E-state index is 14.7. The number of carbonyl (C=O) groups is 1. The number of ketones is 1. The highest BCUT2D eigenvalue weighted by Gasteiger charge is 2.53. The number of aliphatic hydroxyl groups excluding tert-OH is 3. The van der Waals surface area contributed by atoms with Crippen molar-refractivity contribution in [2.45, 2.75) is 193 Å². The van der Waals surface area contributed by atoms with Crippen molar-refractivity contribution < 1.29 is 58.5 Å². The summed E-state index contributed by atoms with van der Waals surface area (Å²) in [5, 5.41) is 52.0. The average Bonchev–Trinajstić information content (AvgIpc) is 3.20. The van der Waals surface area contributed by atoms with Gasteiger partial charge in [-0.3, -0.25) is 4.79 Å². The third-order valence-electron chi connectivity index (χ3n) is 14.4. The largest absolute Gasteiger partial charge is 0.391 e. The number of hydrogen-bond donors (Lipinski definition) is 4. The van der Waals surface area contributed by atoms with Crippen LogP contribution in [0.1, 0.15) is 112 Å². The number of carbonyl (C=O) groups excluding carboxylic acids is 1. The summed E-state index contributed by atoms with van der Waals surface area (Å²) in [6.07, 6.45) is -6.48. The zero-order valence-electron chi connectivity index (χ0n) is 39.7. The number of benzene rings is 1. The zero-order valence-corrected chi connectivity index (χ0v) is 39.7. The van der Waals surface area contributed by atoms with Crippen molar-refractivity contribution in [3.05, 3.63) is 35.4 Å². The molecule has 350 valence electrons. The van der Waals surface area contributed by atoms with E-state index in [0.29, 0.717) is 18.6 Å². The Kier molecular flexibility index (Phi) is 18.0. The fraction of sp³-hybridized carbons (Fsp3) is 0.830. The van der Waals surface area contributed by atoms with Gasteiger partial charge in [0, 0.05) is 56.8 Å². The summed E-state index contributed by atoms with van der Waals surface area (Å²) in [6, 6.07) is 7.69. The monoisotopic (exact) mass is 865 g/mol. The third kappa shape index (κ3) is 11.8. The number of rotatable bonds is 11. The van der Waals surface area contributed by atoms with Gasteiger partial charge in [0.25, 0.3) is 0 Å². The summed E-state index contributed by atoms with van der Waals surface area (Å²) in [5.41, 5.74) is -1.35.